The van der Waals surface area contributed by atoms with Gasteiger partial charge in [-0.25, -0.2) is 4.39 Å². The largest absolute Gasteiger partial charge is 0.419 e. The number of thioether (sulfide) groups is 1. The molecule has 1 fully saturated rings. The molecule has 0 aromatic heterocycles. The lowest BCUT2D eigenvalue weighted by Crippen LogP contribution is -2.28. The van der Waals surface area contributed by atoms with Gasteiger partial charge in [0.05, 0.1) is 10.8 Å². The third kappa shape index (κ3) is 2.41. The Labute approximate surface area is 140 Å². The van der Waals surface area contributed by atoms with Crippen LogP contribution in [0.1, 0.15) is 36.3 Å². The minimum Gasteiger partial charge on any atom is -0.294 e. The number of benzene rings is 1. The highest BCUT2D eigenvalue weighted by molar-refractivity contribution is 8.01. The summed E-state index contributed by atoms with van der Waals surface area (Å²) in [4.78, 5) is 16.9. The molecule has 0 N–H and O–H groups in total. The van der Waals surface area contributed by atoms with Gasteiger partial charge >= 0.3 is 6.18 Å². The van der Waals surface area contributed by atoms with E-state index in [-0.39, 0.29) is 11.0 Å². The number of fused-ring (bicyclic) bond motifs is 1. The second-order valence-electron chi connectivity index (χ2n) is 6.14. The molecule has 0 amide bonds. The minimum atomic E-state index is -4.76. The number of carbonyl (C=O) groups excluding carboxylic acids is 1. The van der Waals surface area contributed by atoms with Crippen LogP contribution >= 0.6 is 11.8 Å². The zero-order valence-corrected chi connectivity index (χ0v) is 13.3. The lowest BCUT2D eigenvalue weighted by molar-refractivity contribution is -0.140. The number of rotatable bonds is 1. The Morgan fingerprint density at radius 3 is 2.71 bits per heavy atom. The summed E-state index contributed by atoms with van der Waals surface area (Å²) < 4.78 is 52.8. The van der Waals surface area contributed by atoms with Crippen molar-refractivity contribution in [2.75, 3.05) is 5.75 Å². The van der Waals surface area contributed by atoms with Crippen LogP contribution in [-0.2, 0) is 11.0 Å². The maximum atomic E-state index is 13.6. The average Bonchev–Trinajstić information content (AvgIpc) is 3.12. The molecule has 1 saturated heterocycles. The molecule has 3 aliphatic rings. The normalized spacial score (nSPS) is 26.5. The summed E-state index contributed by atoms with van der Waals surface area (Å²) in [5, 5.41) is -0.127. The summed E-state index contributed by atoms with van der Waals surface area (Å²) in [5.41, 5.74) is 1.24. The summed E-state index contributed by atoms with van der Waals surface area (Å²) in [6.45, 7) is 0. The first-order chi connectivity index (χ1) is 11.4. The second kappa shape index (κ2) is 5.44. The maximum Gasteiger partial charge on any atom is 0.419 e. The molecule has 2 heterocycles. The fourth-order valence-electron chi connectivity index (χ4n) is 3.69. The van der Waals surface area contributed by atoms with E-state index < -0.39 is 23.5 Å². The number of aliphatic imine (C=N–C) groups is 1. The highest BCUT2D eigenvalue weighted by Gasteiger charge is 2.44. The molecule has 2 aliphatic heterocycles. The highest BCUT2D eigenvalue weighted by Crippen LogP contribution is 2.49. The maximum absolute atomic E-state index is 13.6. The van der Waals surface area contributed by atoms with Crippen molar-refractivity contribution >= 4 is 23.3 Å². The van der Waals surface area contributed by atoms with Crippen molar-refractivity contribution in [2.45, 2.75) is 36.6 Å². The van der Waals surface area contributed by atoms with Crippen molar-refractivity contribution in [3.63, 3.8) is 0 Å². The fourth-order valence-corrected chi connectivity index (χ4v) is 5.12. The van der Waals surface area contributed by atoms with E-state index in [4.69, 9.17) is 0 Å². The Hall–Kier alpha value is -1.63. The molecule has 0 radical (unpaired) electrons. The van der Waals surface area contributed by atoms with Gasteiger partial charge in [0, 0.05) is 29.3 Å². The summed E-state index contributed by atoms with van der Waals surface area (Å²) >= 11 is 1.61. The molecule has 2 nitrogen and oxygen atoms in total. The standard InChI is InChI=1S/C17H13F4NOS/c18-10-2-1-8(7-9(10)17(19,20)21)14-15-11(3-4-13(15)23)22-12-5-6-24-16(12)14/h1-2,7,14,16H,3-6H2. The van der Waals surface area contributed by atoms with Gasteiger partial charge in [-0.05, 0) is 36.3 Å². The summed E-state index contributed by atoms with van der Waals surface area (Å²) in [6.07, 6.45) is -3.09. The number of Topliss-reactive ketones (excluding diaryl/α,β-unsaturated/α-hetero) is 1. The molecule has 0 bridgehead atoms. The van der Waals surface area contributed by atoms with E-state index in [9.17, 15) is 22.4 Å². The number of halogens is 4. The predicted molar refractivity (Wildman–Crippen MR) is 83.7 cm³/mol. The Balaban J connectivity index is 1.86. The Bertz CT molecular complexity index is 796. The van der Waals surface area contributed by atoms with Crippen LogP contribution < -0.4 is 0 Å². The monoisotopic (exact) mass is 355 g/mol. The van der Waals surface area contributed by atoms with Crippen LogP contribution in [-0.4, -0.2) is 22.5 Å². The van der Waals surface area contributed by atoms with Crippen molar-refractivity contribution in [1.82, 2.24) is 0 Å². The second-order valence-corrected chi connectivity index (χ2v) is 7.39. The number of carbonyl (C=O) groups is 1. The van der Waals surface area contributed by atoms with Crippen molar-refractivity contribution in [3.8, 4) is 0 Å². The summed E-state index contributed by atoms with van der Waals surface area (Å²) in [7, 11) is 0. The van der Waals surface area contributed by atoms with Crippen LogP contribution in [0.4, 0.5) is 17.6 Å². The first kappa shape index (κ1) is 15.9. The van der Waals surface area contributed by atoms with E-state index in [1.54, 1.807) is 11.8 Å². The van der Waals surface area contributed by atoms with E-state index in [0.717, 1.165) is 30.0 Å². The van der Waals surface area contributed by atoms with Gasteiger partial charge in [-0.15, -0.1) is 0 Å². The van der Waals surface area contributed by atoms with Gasteiger partial charge in [0.25, 0.3) is 0 Å². The number of hydrogen-bond acceptors (Lipinski definition) is 3. The van der Waals surface area contributed by atoms with Crippen LogP contribution in [0, 0.1) is 5.82 Å². The Morgan fingerprint density at radius 2 is 1.96 bits per heavy atom. The smallest absolute Gasteiger partial charge is 0.294 e. The lowest BCUT2D eigenvalue weighted by atomic mass is 9.82. The van der Waals surface area contributed by atoms with E-state index in [1.165, 1.54) is 6.07 Å². The number of allylic oxidation sites excluding steroid dienone is 2. The number of nitrogens with zero attached hydrogens (tertiary/aromatic N) is 1. The summed E-state index contributed by atoms with van der Waals surface area (Å²) in [5.74, 6) is -0.968. The lowest BCUT2D eigenvalue weighted by Gasteiger charge is -2.29. The third-order valence-electron chi connectivity index (χ3n) is 4.73. The molecular formula is C17H13F4NOS. The van der Waals surface area contributed by atoms with Gasteiger partial charge in [0.2, 0.25) is 0 Å². The first-order valence-electron chi connectivity index (χ1n) is 7.68. The molecule has 4 rings (SSSR count). The SMILES string of the molecule is O=C1CCC2=C1C(c1ccc(F)c(C(F)(F)F)c1)C1SCCC1=N2. The molecule has 0 spiro atoms. The van der Waals surface area contributed by atoms with Gasteiger partial charge in [0.15, 0.2) is 5.78 Å². The zero-order valence-electron chi connectivity index (χ0n) is 12.5. The van der Waals surface area contributed by atoms with Crippen LogP contribution in [0.15, 0.2) is 34.5 Å². The van der Waals surface area contributed by atoms with E-state index in [1.807, 2.05) is 0 Å². The van der Waals surface area contributed by atoms with Gasteiger partial charge in [-0.3, -0.25) is 9.79 Å². The average molecular weight is 355 g/mol. The van der Waals surface area contributed by atoms with Gasteiger partial charge in [-0.2, -0.15) is 24.9 Å². The van der Waals surface area contributed by atoms with Gasteiger partial charge in [-0.1, -0.05) is 6.07 Å². The van der Waals surface area contributed by atoms with Crippen molar-refractivity contribution in [1.29, 1.82) is 0 Å². The summed E-state index contributed by atoms with van der Waals surface area (Å²) in [6, 6.07) is 3.08. The van der Waals surface area contributed by atoms with Gasteiger partial charge in [0.1, 0.15) is 5.82 Å². The van der Waals surface area contributed by atoms with E-state index in [0.29, 0.717) is 29.7 Å². The first-order valence-corrected chi connectivity index (χ1v) is 8.73. The molecule has 0 saturated carbocycles. The predicted octanol–water partition coefficient (Wildman–Crippen LogP) is 4.51. The van der Waals surface area contributed by atoms with Crippen LogP contribution in [0.3, 0.4) is 0 Å². The quantitative estimate of drug-likeness (QED) is 0.694. The molecule has 24 heavy (non-hydrogen) atoms. The van der Waals surface area contributed by atoms with Crippen molar-refractivity contribution in [2.24, 2.45) is 4.99 Å². The molecule has 1 aromatic rings. The Morgan fingerprint density at radius 1 is 1.17 bits per heavy atom. The molecule has 1 aromatic carbocycles. The van der Waals surface area contributed by atoms with Crippen LogP contribution in [0.5, 0.6) is 0 Å². The minimum absolute atomic E-state index is 0.0526. The Kier molecular flexibility index (Phi) is 3.60. The molecule has 2 atom stereocenters. The van der Waals surface area contributed by atoms with Crippen molar-refractivity contribution < 1.29 is 22.4 Å². The van der Waals surface area contributed by atoms with Crippen LogP contribution in [0.25, 0.3) is 0 Å². The molecule has 1 aliphatic carbocycles. The van der Waals surface area contributed by atoms with Gasteiger partial charge < -0.3 is 0 Å². The molecule has 2 unspecified atom stereocenters. The van der Waals surface area contributed by atoms with E-state index >= 15 is 0 Å². The third-order valence-corrected chi connectivity index (χ3v) is 6.07. The zero-order chi connectivity index (χ0) is 17.1. The topological polar surface area (TPSA) is 29.4 Å². The molecule has 7 heteroatoms. The number of hydrogen-bond donors (Lipinski definition) is 0. The molecular weight excluding hydrogens is 342 g/mol. The van der Waals surface area contributed by atoms with E-state index in [2.05, 4.69) is 4.99 Å². The number of ketones is 1. The number of alkyl halides is 3. The van der Waals surface area contributed by atoms with Crippen LogP contribution in [0.2, 0.25) is 0 Å². The molecule has 126 valence electrons. The van der Waals surface area contributed by atoms with Crippen molar-refractivity contribution in [3.05, 3.63) is 46.4 Å². The highest BCUT2D eigenvalue weighted by atomic mass is 32.2. The fraction of sp³-hybridized carbons (Fsp3) is 0.412.